The lowest BCUT2D eigenvalue weighted by Crippen LogP contribution is -2.47. The van der Waals surface area contributed by atoms with Gasteiger partial charge in [-0.05, 0) is 51.3 Å². The zero-order valence-corrected chi connectivity index (χ0v) is 22.3. The molecule has 2 atom stereocenters. The van der Waals surface area contributed by atoms with Crippen molar-refractivity contribution in [2.45, 2.75) is 60.6 Å². The molecule has 11 nitrogen and oxygen atoms in total. The van der Waals surface area contributed by atoms with E-state index in [1.807, 2.05) is 0 Å². The highest BCUT2D eigenvalue weighted by Gasteiger charge is 2.45. The number of aliphatic hydroxyl groups excluding tert-OH is 1. The Morgan fingerprint density at radius 3 is 2.61 bits per heavy atom. The molecule has 1 spiro atoms. The van der Waals surface area contributed by atoms with Crippen LogP contribution in [0.25, 0.3) is 0 Å². The standard InChI is InChI=1S/C23H33N3O8S2/c1-16-22(17(2)34-25-16)36(30,31)26-9-7-23(8-10-26)12-18(14-33-23)24-13-19(27)15-32-20-5-4-6-21(11-20)35(3,28)29/h4-6,11,18-19,24,27H,7-10,12-15H2,1-3H3/t18?,19-/m0/s1. The van der Waals surface area contributed by atoms with Crippen LogP contribution in [0.5, 0.6) is 5.75 Å². The zero-order valence-electron chi connectivity index (χ0n) is 20.6. The Morgan fingerprint density at radius 2 is 1.97 bits per heavy atom. The molecular formula is C23H33N3O8S2. The summed E-state index contributed by atoms with van der Waals surface area (Å²) in [6.07, 6.45) is 2.20. The van der Waals surface area contributed by atoms with Gasteiger partial charge in [0.2, 0.25) is 10.0 Å². The number of sulfone groups is 1. The third-order valence-electron chi connectivity index (χ3n) is 6.73. The number of aryl methyl sites for hydroxylation is 2. The number of nitrogens with zero attached hydrogens (tertiary/aromatic N) is 2. The van der Waals surface area contributed by atoms with Crippen LogP contribution >= 0.6 is 0 Å². The molecule has 1 aromatic carbocycles. The molecule has 0 bridgehead atoms. The predicted molar refractivity (Wildman–Crippen MR) is 130 cm³/mol. The van der Waals surface area contributed by atoms with E-state index in [1.165, 1.54) is 16.4 Å². The lowest BCUT2D eigenvalue weighted by atomic mass is 9.88. The summed E-state index contributed by atoms with van der Waals surface area (Å²) in [5, 5.41) is 17.4. The monoisotopic (exact) mass is 543 g/mol. The van der Waals surface area contributed by atoms with Crippen molar-refractivity contribution in [3.8, 4) is 5.75 Å². The molecule has 2 aliphatic heterocycles. The van der Waals surface area contributed by atoms with Crippen molar-refractivity contribution in [3.63, 3.8) is 0 Å². The molecule has 2 aromatic rings. The largest absolute Gasteiger partial charge is 0.491 e. The van der Waals surface area contributed by atoms with Crippen LogP contribution in [-0.2, 0) is 24.6 Å². The number of rotatable bonds is 9. The number of aliphatic hydroxyl groups is 1. The van der Waals surface area contributed by atoms with Crippen molar-refractivity contribution in [1.82, 2.24) is 14.8 Å². The van der Waals surface area contributed by atoms with Gasteiger partial charge in [-0.2, -0.15) is 4.31 Å². The molecule has 36 heavy (non-hydrogen) atoms. The molecule has 2 N–H and O–H groups in total. The number of benzene rings is 1. The number of nitrogens with one attached hydrogen (secondary N) is 1. The molecule has 4 rings (SSSR count). The Balaban J connectivity index is 1.24. The molecule has 1 aromatic heterocycles. The first-order valence-corrected chi connectivity index (χ1v) is 15.1. The molecule has 2 aliphatic rings. The summed E-state index contributed by atoms with van der Waals surface area (Å²) < 4.78 is 67.7. The Bertz CT molecular complexity index is 1260. The lowest BCUT2D eigenvalue weighted by Gasteiger charge is -2.37. The van der Waals surface area contributed by atoms with Crippen molar-refractivity contribution in [2.24, 2.45) is 0 Å². The molecule has 2 fully saturated rings. The summed E-state index contributed by atoms with van der Waals surface area (Å²) in [5.41, 5.74) is -0.0320. The van der Waals surface area contributed by atoms with Gasteiger partial charge in [0.1, 0.15) is 29.0 Å². The van der Waals surface area contributed by atoms with Gasteiger partial charge in [-0.3, -0.25) is 0 Å². The van der Waals surface area contributed by atoms with Crippen LogP contribution in [0.3, 0.4) is 0 Å². The summed E-state index contributed by atoms with van der Waals surface area (Å²) in [6.45, 7) is 4.68. The molecule has 200 valence electrons. The van der Waals surface area contributed by atoms with Gasteiger partial charge in [0, 0.05) is 31.9 Å². The minimum absolute atomic E-state index is 0.00740. The summed E-state index contributed by atoms with van der Waals surface area (Å²) in [5.74, 6) is 0.665. The van der Waals surface area contributed by atoms with E-state index in [0.29, 0.717) is 49.7 Å². The molecule has 2 saturated heterocycles. The van der Waals surface area contributed by atoms with Gasteiger partial charge in [0.15, 0.2) is 15.6 Å². The fourth-order valence-corrected chi connectivity index (χ4v) is 7.17. The van der Waals surface area contributed by atoms with Crippen molar-refractivity contribution in [2.75, 3.05) is 39.1 Å². The normalized spacial score (nSPS) is 21.6. The van der Waals surface area contributed by atoms with Gasteiger partial charge in [-0.1, -0.05) is 11.2 Å². The number of hydrogen-bond donors (Lipinski definition) is 2. The molecule has 0 radical (unpaired) electrons. The molecule has 13 heteroatoms. The molecular weight excluding hydrogens is 510 g/mol. The average Bonchev–Trinajstić information content (AvgIpc) is 3.38. The second-order valence-electron chi connectivity index (χ2n) is 9.57. The Hall–Kier alpha value is -2.03. The van der Waals surface area contributed by atoms with Crippen molar-refractivity contribution in [3.05, 3.63) is 35.7 Å². The molecule has 1 unspecified atom stereocenters. The van der Waals surface area contributed by atoms with E-state index >= 15 is 0 Å². The van der Waals surface area contributed by atoms with Gasteiger partial charge < -0.3 is 24.4 Å². The van der Waals surface area contributed by atoms with E-state index in [-0.39, 0.29) is 29.0 Å². The van der Waals surface area contributed by atoms with E-state index in [0.717, 1.165) is 12.7 Å². The number of sulfonamides is 1. The van der Waals surface area contributed by atoms with Crippen LogP contribution in [-0.4, -0.2) is 88.3 Å². The topological polar surface area (TPSA) is 148 Å². The van der Waals surface area contributed by atoms with Crippen LogP contribution in [0.2, 0.25) is 0 Å². The van der Waals surface area contributed by atoms with Crippen molar-refractivity contribution >= 4 is 19.9 Å². The summed E-state index contributed by atoms with van der Waals surface area (Å²) in [7, 11) is -7.01. The maximum atomic E-state index is 13.1. The van der Waals surface area contributed by atoms with Gasteiger partial charge in [-0.15, -0.1) is 0 Å². The van der Waals surface area contributed by atoms with Gasteiger partial charge in [0.05, 0.1) is 17.1 Å². The van der Waals surface area contributed by atoms with Gasteiger partial charge >= 0.3 is 0 Å². The van der Waals surface area contributed by atoms with Crippen LogP contribution in [0, 0.1) is 13.8 Å². The highest BCUT2D eigenvalue weighted by Crippen LogP contribution is 2.38. The lowest BCUT2D eigenvalue weighted by molar-refractivity contribution is -0.0312. The van der Waals surface area contributed by atoms with E-state index in [2.05, 4.69) is 10.5 Å². The maximum absolute atomic E-state index is 13.1. The first-order valence-electron chi connectivity index (χ1n) is 11.8. The van der Waals surface area contributed by atoms with Crippen LogP contribution in [0.15, 0.2) is 38.6 Å². The van der Waals surface area contributed by atoms with Crippen LogP contribution in [0.4, 0.5) is 0 Å². The fourth-order valence-electron chi connectivity index (χ4n) is 4.78. The first kappa shape index (κ1) is 27.0. The second-order valence-corrected chi connectivity index (χ2v) is 13.5. The van der Waals surface area contributed by atoms with Crippen LogP contribution in [0.1, 0.15) is 30.7 Å². The van der Waals surface area contributed by atoms with Crippen molar-refractivity contribution in [1.29, 1.82) is 0 Å². The Kier molecular flexibility index (Phi) is 7.79. The fraction of sp³-hybridized carbons (Fsp3) is 0.609. The SMILES string of the molecule is Cc1noc(C)c1S(=O)(=O)N1CCC2(CC1)CC(NC[C@H](O)COc1cccc(S(C)(=O)=O)c1)CO2. The summed E-state index contributed by atoms with van der Waals surface area (Å²) in [6, 6.07) is 6.19. The third-order valence-corrected chi connectivity index (χ3v) is 9.98. The third kappa shape index (κ3) is 5.92. The number of hydrogen-bond acceptors (Lipinski definition) is 10. The predicted octanol–water partition coefficient (Wildman–Crippen LogP) is 1.04. The number of ether oxygens (including phenoxy) is 2. The first-order chi connectivity index (χ1) is 16.9. The minimum atomic E-state index is -3.68. The number of piperidine rings is 1. The molecule has 0 amide bonds. The van der Waals surface area contributed by atoms with Gasteiger partial charge in [-0.25, -0.2) is 16.8 Å². The Morgan fingerprint density at radius 1 is 1.25 bits per heavy atom. The van der Waals surface area contributed by atoms with Crippen LogP contribution < -0.4 is 10.1 Å². The summed E-state index contributed by atoms with van der Waals surface area (Å²) >= 11 is 0. The van der Waals surface area contributed by atoms with Gasteiger partial charge in [0.25, 0.3) is 0 Å². The van der Waals surface area contributed by atoms with E-state index in [4.69, 9.17) is 14.0 Å². The highest BCUT2D eigenvalue weighted by atomic mass is 32.2. The molecule has 3 heterocycles. The minimum Gasteiger partial charge on any atom is -0.491 e. The smallest absolute Gasteiger partial charge is 0.248 e. The van der Waals surface area contributed by atoms with E-state index < -0.39 is 31.6 Å². The second kappa shape index (κ2) is 10.4. The average molecular weight is 544 g/mol. The number of aromatic nitrogens is 1. The molecule has 0 aliphatic carbocycles. The quantitative estimate of drug-likeness (QED) is 0.470. The zero-order chi connectivity index (χ0) is 26.1. The summed E-state index contributed by atoms with van der Waals surface area (Å²) in [4.78, 5) is 0.302. The highest BCUT2D eigenvalue weighted by molar-refractivity contribution is 7.90. The molecule has 0 saturated carbocycles. The Labute approximate surface area is 211 Å². The van der Waals surface area contributed by atoms with E-state index in [9.17, 15) is 21.9 Å². The van der Waals surface area contributed by atoms with Crippen molar-refractivity contribution < 1.29 is 35.9 Å². The van der Waals surface area contributed by atoms with E-state index in [1.54, 1.807) is 26.0 Å². The maximum Gasteiger partial charge on any atom is 0.248 e.